The van der Waals surface area contributed by atoms with Gasteiger partial charge in [-0.15, -0.1) is 0 Å². The van der Waals surface area contributed by atoms with E-state index in [1.165, 1.54) is 30.2 Å². The molecular formula is C23H27FN4O4. The number of aryl methyl sites for hydroxylation is 1. The molecule has 0 fully saturated rings. The van der Waals surface area contributed by atoms with Gasteiger partial charge >= 0.3 is 0 Å². The molecule has 3 amide bonds. The number of anilines is 1. The lowest BCUT2D eigenvalue weighted by Gasteiger charge is -2.18. The molecule has 3 N–H and O–H groups in total. The zero-order chi connectivity index (χ0) is 23.6. The van der Waals surface area contributed by atoms with Crippen LogP contribution in [0, 0.1) is 19.7 Å². The van der Waals surface area contributed by atoms with Crippen LogP contribution in [0.2, 0.25) is 0 Å². The maximum Gasteiger partial charge on any atom is 0.256 e. The number of carbonyl (C=O) groups excluding carboxylic acids is 3. The third-order valence-corrected chi connectivity index (χ3v) is 5.48. The summed E-state index contributed by atoms with van der Waals surface area (Å²) in [6.07, 6.45) is 1.31. The van der Waals surface area contributed by atoms with Crippen LogP contribution in [0.4, 0.5) is 10.1 Å². The number of benzene rings is 1. The van der Waals surface area contributed by atoms with Crippen molar-refractivity contribution in [3.05, 3.63) is 52.1 Å². The van der Waals surface area contributed by atoms with Gasteiger partial charge in [0.2, 0.25) is 5.91 Å². The van der Waals surface area contributed by atoms with Crippen molar-refractivity contribution in [3.8, 4) is 0 Å². The summed E-state index contributed by atoms with van der Waals surface area (Å²) < 4.78 is 19.0. The number of nitrogens with one attached hydrogen (secondary N) is 3. The average molecular weight is 442 g/mol. The van der Waals surface area contributed by atoms with Crippen LogP contribution in [0.1, 0.15) is 39.3 Å². The van der Waals surface area contributed by atoms with Crippen molar-refractivity contribution < 1.29 is 23.5 Å². The molecule has 0 bridgehead atoms. The Balaban J connectivity index is 1.80. The maximum absolute atomic E-state index is 13.7. The van der Waals surface area contributed by atoms with E-state index in [0.717, 1.165) is 0 Å². The van der Waals surface area contributed by atoms with Gasteiger partial charge in [0.1, 0.15) is 5.82 Å². The Morgan fingerprint density at radius 2 is 2.00 bits per heavy atom. The lowest BCUT2D eigenvalue weighted by molar-refractivity contribution is -0.131. The summed E-state index contributed by atoms with van der Waals surface area (Å²) in [6, 6.07) is 4.11. The van der Waals surface area contributed by atoms with E-state index < -0.39 is 11.9 Å². The number of aromatic amines is 1. The molecule has 1 aromatic carbocycles. The van der Waals surface area contributed by atoms with Crippen LogP contribution in [0.5, 0.6) is 0 Å². The second-order valence-corrected chi connectivity index (χ2v) is 7.93. The molecular weight excluding hydrogens is 415 g/mol. The molecule has 170 valence electrons. The molecule has 0 spiro atoms. The van der Waals surface area contributed by atoms with E-state index in [0.29, 0.717) is 39.3 Å². The number of aromatic nitrogens is 1. The second-order valence-electron chi connectivity index (χ2n) is 7.93. The van der Waals surface area contributed by atoms with Crippen molar-refractivity contribution in [3.63, 3.8) is 0 Å². The SMILES string of the molecule is COC(CNC(=O)c1c(C)[nH]c(/C=C2\C(=O)Nc3ccc(F)cc32)c1C)CC(=O)N(C)C. The summed E-state index contributed by atoms with van der Waals surface area (Å²) in [5.74, 6) is -1.19. The number of carbonyl (C=O) groups is 3. The lowest BCUT2D eigenvalue weighted by atomic mass is 10.0. The highest BCUT2D eigenvalue weighted by Gasteiger charge is 2.26. The smallest absolute Gasteiger partial charge is 0.256 e. The van der Waals surface area contributed by atoms with Gasteiger partial charge in [0, 0.05) is 50.4 Å². The summed E-state index contributed by atoms with van der Waals surface area (Å²) in [7, 11) is 4.81. The quantitative estimate of drug-likeness (QED) is 0.573. The first-order chi connectivity index (χ1) is 15.1. The second kappa shape index (κ2) is 9.35. The summed E-state index contributed by atoms with van der Waals surface area (Å²) in [5.41, 5.74) is 3.65. The van der Waals surface area contributed by atoms with Crippen LogP contribution in [-0.2, 0) is 14.3 Å². The fourth-order valence-corrected chi connectivity index (χ4v) is 3.62. The third-order valence-electron chi connectivity index (χ3n) is 5.48. The number of hydrogen-bond acceptors (Lipinski definition) is 4. The minimum Gasteiger partial charge on any atom is -0.379 e. The highest BCUT2D eigenvalue weighted by atomic mass is 19.1. The third kappa shape index (κ3) is 4.72. The van der Waals surface area contributed by atoms with Crippen LogP contribution < -0.4 is 10.6 Å². The first-order valence-electron chi connectivity index (χ1n) is 10.2. The highest BCUT2D eigenvalue weighted by Crippen LogP contribution is 2.34. The minimum absolute atomic E-state index is 0.0967. The Kier molecular flexibility index (Phi) is 6.78. The number of ether oxygens (including phenoxy) is 1. The van der Waals surface area contributed by atoms with Crippen molar-refractivity contribution in [2.24, 2.45) is 0 Å². The van der Waals surface area contributed by atoms with Crippen molar-refractivity contribution >= 4 is 35.1 Å². The largest absolute Gasteiger partial charge is 0.379 e. The van der Waals surface area contributed by atoms with Gasteiger partial charge in [0.25, 0.3) is 11.8 Å². The number of hydrogen-bond donors (Lipinski definition) is 3. The first-order valence-corrected chi connectivity index (χ1v) is 10.2. The van der Waals surface area contributed by atoms with E-state index in [-0.39, 0.29) is 30.7 Å². The van der Waals surface area contributed by atoms with Gasteiger partial charge in [-0.05, 0) is 43.7 Å². The number of fused-ring (bicyclic) bond motifs is 1. The lowest BCUT2D eigenvalue weighted by Crippen LogP contribution is -2.37. The Bertz CT molecular complexity index is 1100. The topological polar surface area (TPSA) is 104 Å². The van der Waals surface area contributed by atoms with Gasteiger partial charge in [-0.1, -0.05) is 0 Å². The fraction of sp³-hybridized carbons (Fsp3) is 0.348. The van der Waals surface area contributed by atoms with Gasteiger partial charge in [-0.3, -0.25) is 14.4 Å². The van der Waals surface area contributed by atoms with Crippen molar-refractivity contribution in [2.75, 3.05) is 33.1 Å². The normalized spacial score (nSPS) is 14.8. The Morgan fingerprint density at radius 1 is 1.28 bits per heavy atom. The number of methoxy groups -OCH3 is 1. The standard InChI is InChI=1S/C23H27FN4O4/c1-12-19(10-17-16-8-14(24)6-7-18(16)27-22(17)30)26-13(2)21(12)23(31)25-11-15(32-5)9-20(29)28(3)4/h6-8,10,15,26H,9,11H2,1-5H3,(H,25,31)(H,27,30)/b17-10-. The number of halogens is 1. The molecule has 1 aromatic heterocycles. The maximum atomic E-state index is 13.7. The number of rotatable bonds is 7. The zero-order valence-corrected chi connectivity index (χ0v) is 18.8. The van der Waals surface area contributed by atoms with Crippen LogP contribution in [0.15, 0.2) is 18.2 Å². The van der Waals surface area contributed by atoms with Crippen molar-refractivity contribution in [1.29, 1.82) is 0 Å². The molecule has 1 unspecified atom stereocenters. The molecule has 1 aliphatic heterocycles. The number of nitrogens with zero attached hydrogens (tertiary/aromatic N) is 1. The minimum atomic E-state index is -0.455. The molecule has 0 radical (unpaired) electrons. The van der Waals surface area contributed by atoms with Gasteiger partial charge in [0.15, 0.2) is 0 Å². The number of H-pyrrole nitrogens is 1. The predicted octanol–water partition coefficient (Wildman–Crippen LogP) is 2.49. The molecule has 1 aliphatic rings. The van der Waals surface area contributed by atoms with E-state index in [1.54, 1.807) is 34.0 Å². The summed E-state index contributed by atoms with van der Waals surface area (Å²) in [5, 5.41) is 5.52. The summed E-state index contributed by atoms with van der Waals surface area (Å²) in [4.78, 5) is 41.7. The number of amides is 3. The van der Waals surface area contributed by atoms with E-state index >= 15 is 0 Å². The average Bonchev–Trinajstić information content (AvgIpc) is 3.19. The van der Waals surface area contributed by atoms with Crippen molar-refractivity contribution in [1.82, 2.24) is 15.2 Å². The summed E-state index contributed by atoms with van der Waals surface area (Å²) in [6.45, 7) is 3.70. The molecule has 2 heterocycles. The van der Waals surface area contributed by atoms with Gasteiger partial charge in [-0.2, -0.15) is 0 Å². The zero-order valence-electron chi connectivity index (χ0n) is 18.8. The van der Waals surface area contributed by atoms with Gasteiger partial charge in [-0.25, -0.2) is 4.39 Å². The van der Waals surface area contributed by atoms with E-state index in [2.05, 4.69) is 15.6 Å². The molecule has 32 heavy (non-hydrogen) atoms. The highest BCUT2D eigenvalue weighted by molar-refractivity contribution is 6.34. The van der Waals surface area contributed by atoms with Gasteiger partial charge in [0.05, 0.1) is 23.7 Å². The first kappa shape index (κ1) is 23.2. The molecule has 0 saturated heterocycles. The summed E-state index contributed by atoms with van der Waals surface area (Å²) >= 11 is 0. The molecule has 0 aliphatic carbocycles. The molecule has 3 rings (SSSR count). The van der Waals surface area contributed by atoms with E-state index in [1.807, 2.05) is 0 Å². The Morgan fingerprint density at radius 3 is 2.66 bits per heavy atom. The van der Waals surface area contributed by atoms with Gasteiger partial charge < -0.3 is 25.3 Å². The Labute approximate surface area is 185 Å². The molecule has 9 heteroatoms. The van der Waals surface area contributed by atoms with Crippen LogP contribution in [-0.4, -0.2) is 61.5 Å². The van der Waals surface area contributed by atoms with Crippen LogP contribution in [0.3, 0.4) is 0 Å². The molecule has 0 saturated carbocycles. The Hall–Kier alpha value is -3.46. The molecule has 1 atom stereocenters. The predicted molar refractivity (Wildman–Crippen MR) is 120 cm³/mol. The fourth-order valence-electron chi connectivity index (χ4n) is 3.62. The monoisotopic (exact) mass is 442 g/mol. The van der Waals surface area contributed by atoms with E-state index in [9.17, 15) is 18.8 Å². The molecule has 8 nitrogen and oxygen atoms in total. The van der Waals surface area contributed by atoms with Crippen LogP contribution in [0.25, 0.3) is 11.6 Å². The van der Waals surface area contributed by atoms with E-state index in [4.69, 9.17) is 4.74 Å². The van der Waals surface area contributed by atoms with Crippen LogP contribution >= 0.6 is 0 Å². The van der Waals surface area contributed by atoms with Crippen molar-refractivity contribution in [2.45, 2.75) is 26.4 Å². The molecule has 2 aromatic rings.